The number of carbonyl (C=O) groups is 2. The Bertz CT molecular complexity index is 734. The van der Waals surface area contributed by atoms with Gasteiger partial charge in [-0.1, -0.05) is 40.2 Å². The van der Waals surface area contributed by atoms with Gasteiger partial charge >= 0.3 is 0 Å². The molecule has 2 amide bonds. The van der Waals surface area contributed by atoms with E-state index in [0.717, 1.165) is 10.0 Å². The summed E-state index contributed by atoms with van der Waals surface area (Å²) in [6.45, 7) is 3.25. The lowest BCUT2D eigenvalue weighted by molar-refractivity contribution is -0.123. The van der Waals surface area contributed by atoms with E-state index in [4.69, 9.17) is 4.74 Å². The van der Waals surface area contributed by atoms with Crippen LogP contribution in [0.3, 0.4) is 0 Å². The fourth-order valence-corrected chi connectivity index (χ4v) is 2.83. The number of halogens is 1. The molecule has 0 aliphatic carbocycles. The Morgan fingerprint density at radius 3 is 2.62 bits per heavy atom. The van der Waals surface area contributed by atoms with Crippen LogP contribution in [0, 0.1) is 0 Å². The van der Waals surface area contributed by atoms with Gasteiger partial charge in [-0.25, -0.2) is 0 Å². The van der Waals surface area contributed by atoms with E-state index in [0.29, 0.717) is 11.4 Å². The van der Waals surface area contributed by atoms with Crippen LogP contribution in [-0.4, -0.2) is 18.4 Å². The molecule has 1 atom stereocenters. The number of ether oxygens (including phenoxy) is 1. The lowest BCUT2D eigenvalue weighted by atomic mass is 10.1. The van der Waals surface area contributed by atoms with Crippen molar-refractivity contribution in [3.8, 4) is 5.75 Å². The summed E-state index contributed by atoms with van der Waals surface area (Å²) in [5.41, 5.74) is 1.63. The highest BCUT2D eigenvalue weighted by molar-refractivity contribution is 9.10. The summed E-state index contributed by atoms with van der Waals surface area (Å²) in [6.07, 6.45) is 0. The second kappa shape index (κ2) is 8.49. The minimum absolute atomic E-state index is 0.0989. The average molecular weight is 391 g/mol. The predicted octanol–water partition coefficient (Wildman–Crippen LogP) is 3.66. The molecular formula is C18H19BrN2O3. The lowest BCUT2D eigenvalue weighted by Gasteiger charge is -2.16. The van der Waals surface area contributed by atoms with Gasteiger partial charge in [-0.15, -0.1) is 0 Å². The van der Waals surface area contributed by atoms with Crippen molar-refractivity contribution in [1.29, 1.82) is 0 Å². The van der Waals surface area contributed by atoms with Crippen LogP contribution in [0.2, 0.25) is 0 Å². The molecule has 2 aromatic rings. The minimum Gasteiger partial charge on any atom is -0.484 e. The molecule has 0 aromatic heterocycles. The van der Waals surface area contributed by atoms with Crippen LogP contribution in [0.1, 0.15) is 25.5 Å². The number of anilines is 1. The van der Waals surface area contributed by atoms with Gasteiger partial charge in [-0.3, -0.25) is 9.59 Å². The van der Waals surface area contributed by atoms with E-state index >= 15 is 0 Å². The van der Waals surface area contributed by atoms with Crippen molar-refractivity contribution in [2.45, 2.75) is 19.9 Å². The minimum atomic E-state index is -0.219. The van der Waals surface area contributed by atoms with Crippen molar-refractivity contribution >= 4 is 33.4 Å². The van der Waals surface area contributed by atoms with Gasteiger partial charge in [-0.2, -0.15) is 0 Å². The van der Waals surface area contributed by atoms with Gasteiger partial charge in [0.1, 0.15) is 5.75 Å². The molecule has 5 nitrogen and oxygen atoms in total. The maximum Gasteiger partial charge on any atom is 0.258 e. The smallest absolute Gasteiger partial charge is 0.258 e. The van der Waals surface area contributed by atoms with Crippen molar-refractivity contribution < 1.29 is 14.3 Å². The van der Waals surface area contributed by atoms with Gasteiger partial charge in [0.05, 0.1) is 6.04 Å². The Kier molecular flexibility index (Phi) is 6.37. The third-order valence-electron chi connectivity index (χ3n) is 3.27. The molecule has 0 heterocycles. The molecule has 0 aliphatic rings. The molecule has 2 N–H and O–H groups in total. The number of carbonyl (C=O) groups excluding carboxylic acids is 2. The van der Waals surface area contributed by atoms with E-state index in [1.807, 2.05) is 31.2 Å². The highest BCUT2D eigenvalue weighted by Crippen LogP contribution is 2.22. The molecule has 0 spiro atoms. The summed E-state index contributed by atoms with van der Waals surface area (Å²) >= 11 is 3.47. The summed E-state index contributed by atoms with van der Waals surface area (Å²) in [6, 6.07) is 14.5. The maximum atomic E-state index is 12.1. The van der Waals surface area contributed by atoms with Crippen molar-refractivity contribution in [1.82, 2.24) is 5.32 Å². The molecule has 24 heavy (non-hydrogen) atoms. The maximum absolute atomic E-state index is 12.1. The van der Waals surface area contributed by atoms with E-state index in [1.165, 1.54) is 6.92 Å². The van der Waals surface area contributed by atoms with Crippen LogP contribution < -0.4 is 15.4 Å². The summed E-state index contributed by atoms with van der Waals surface area (Å²) in [7, 11) is 0. The van der Waals surface area contributed by atoms with Gasteiger partial charge in [0, 0.05) is 23.2 Å². The quantitative estimate of drug-likeness (QED) is 0.790. The second-order valence-electron chi connectivity index (χ2n) is 5.31. The fraction of sp³-hybridized carbons (Fsp3) is 0.222. The van der Waals surface area contributed by atoms with Crippen molar-refractivity contribution in [2.75, 3.05) is 11.9 Å². The van der Waals surface area contributed by atoms with Crippen molar-refractivity contribution in [2.24, 2.45) is 0 Å². The van der Waals surface area contributed by atoms with Crippen LogP contribution >= 0.6 is 15.9 Å². The van der Waals surface area contributed by atoms with Gasteiger partial charge in [0.25, 0.3) is 5.91 Å². The molecule has 0 bridgehead atoms. The Labute approximate surface area is 149 Å². The first kappa shape index (κ1) is 18.0. The number of hydrogen-bond acceptors (Lipinski definition) is 3. The van der Waals surface area contributed by atoms with Crippen LogP contribution in [0.5, 0.6) is 5.75 Å². The van der Waals surface area contributed by atoms with Crippen molar-refractivity contribution in [3.63, 3.8) is 0 Å². The van der Waals surface area contributed by atoms with E-state index in [2.05, 4.69) is 26.6 Å². The zero-order valence-electron chi connectivity index (χ0n) is 13.5. The summed E-state index contributed by atoms with van der Waals surface area (Å²) < 4.78 is 6.43. The van der Waals surface area contributed by atoms with Gasteiger partial charge in [0.2, 0.25) is 5.91 Å². The molecule has 0 fully saturated rings. The SMILES string of the molecule is CC(=O)Nc1cccc(OCC(=O)N[C@H](C)c2ccccc2Br)c1. The molecule has 0 saturated carbocycles. The number of nitrogens with one attached hydrogen (secondary N) is 2. The zero-order chi connectivity index (χ0) is 17.5. The predicted molar refractivity (Wildman–Crippen MR) is 96.9 cm³/mol. The second-order valence-corrected chi connectivity index (χ2v) is 6.16. The van der Waals surface area contributed by atoms with E-state index < -0.39 is 0 Å². The third kappa shape index (κ3) is 5.38. The monoisotopic (exact) mass is 390 g/mol. The molecule has 2 aromatic carbocycles. The first-order valence-electron chi connectivity index (χ1n) is 7.50. The van der Waals surface area contributed by atoms with Crippen molar-refractivity contribution in [3.05, 3.63) is 58.6 Å². The molecule has 0 radical (unpaired) electrons. The Morgan fingerprint density at radius 1 is 1.17 bits per heavy atom. The first-order chi connectivity index (χ1) is 11.5. The topological polar surface area (TPSA) is 67.4 Å². The summed E-state index contributed by atoms with van der Waals surface area (Å²) in [5, 5.41) is 5.56. The van der Waals surface area contributed by atoms with E-state index in [9.17, 15) is 9.59 Å². The first-order valence-corrected chi connectivity index (χ1v) is 8.29. The molecule has 0 saturated heterocycles. The van der Waals surface area contributed by atoms with Crippen LogP contribution in [0.4, 0.5) is 5.69 Å². The Hall–Kier alpha value is -2.34. The summed E-state index contributed by atoms with van der Waals surface area (Å²) in [4.78, 5) is 23.1. The molecule has 0 aliphatic heterocycles. The highest BCUT2D eigenvalue weighted by Gasteiger charge is 2.12. The summed E-state index contributed by atoms with van der Waals surface area (Å²) in [5.74, 6) is 0.139. The molecule has 0 unspecified atom stereocenters. The van der Waals surface area contributed by atoms with Gasteiger partial charge in [0.15, 0.2) is 6.61 Å². The van der Waals surface area contributed by atoms with E-state index in [-0.39, 0.29) is 24.5 Å². The van der Waals surface area contributed by atoms with Crippen LogP contribution in [-0.2, 0) is 9.59 Å². The average Bonchev–Trinajstić information content (AvgIpc) is 2.53. The molecule has 6 heteroatoms. The number of hydrogen-bond donors (Lipinski definition) is 2. The van der Waals surface area contributed by atoms with Crippen LogP contribution in [0.25, 0.3) is 0 Å². The standard InChI is InChI=1S/C18H19BrN2O3/c1-12(16-8-3-4-9-17(16)19)20-18(23)11-24-15-7-5-6-14(10-15)21-13(2)22/h3-10,12H,11H2,1-2H3,(H,20,23)(H,21,22)/t12-/m1/s1. The zero-order valence-corrected chi connectivity index (χ0v) is 15.1. The molecular weight excluding hydrogens is 372 g/mol. The number of benzene rings is 2. The lowest BCUT2D eigenvalue weighted by Crippen LogP contribution is -2.31. The fourth-order valence-electron chi connectivity index (χ4n) is 2.20. The normalized spacial score (nSPS) is 11.5. The number of rotatable bonds is 6. The Morgan fingerprint density at radius 2 is 1.92 bits per heavy atom. The largest absolute Gasteiger partial charge is 0.484 e. The highest BCUT2D eigenvalue weighted by atomic mass is 79.9. The van der Waals surface area contributed by atoms with Gasteiger partial charge in [-0.05, 0) is 30.7 Å². The van der Waals surface area contributed by atoms with E-state index in [1.54, 1.807) is 24.3 Å². The molecule has 2 rings (SSSR count). The third-order valence-corrected chi connectivity index (χ3v) is 4.00. The molecule has 126 valence electrons. The number of amides is 2. The van der Waals surface area contributed by atoms with Crippen LogP contribution in [0.15, 0.2) is 53.0 Å². The Balaban J connectivity index is 1.89. The van der Waals surface area contributed by atoms with Gasteiger partial charge < -0.3 is 15.4 Å².